The van der Waals surface area contributed by atoms with Crippen molar-refractivity contribution in [1.82, 2.24) is 5.16 Å². The Kier molecular flexibility index (Phi) is 3.99. The molecule has 4 nitrogen and oxygen atoms in total. The van der Waals surface area contributed by atoms with Crippen molar-refractivity contribution in [2.75, 3.05) is 7.11 Å². The lowest BCUT2D eigenvalue weighted by atomic mass is 10.1. The lowest BCUT2D eigenvalue weighted by molar-refractivity contribution is 0.356. The predicted octanol–water partition coefficient (Wildman–Crippen LogP) is 3.15. The third-order valence-electron chi connectivity index (χ3n) is 2.86. The molecule has 0 aliphatic heterocycles. The molecule has 1 heterocycles. The number of methoxy groups -OCH3 is 1. The minimum atomic E-state index is -0.0816. The van der Waals surface area contributed by atoms with Crippen LogP contribution in [-0.2, 0) is 0 Å². The van der Waals surface area contributed by atoms with Crippen molar-refractivity contribution in [2.45, 2.75) is 25.8 Å². The largest absolute Gasteiger partial charge is 0.497 e. The van der Waals surface area contributed by atoms with Crippen LogP contribution in [0.3, 0.4) is 0 Å². The van der Waals surface area contributed by atoms with Gasteiger partial charge in [-0.3, -0.25) is 0 Å². The van der Waals surface area contributed by atoms with Gasteiger partial charge >= 0.3 is 0 Å². The van der Waals surface area contributed by atoms with Crippen molar-refractivity contribution in [3.63, 3.8) is 0 Å². The normalized spacial score (nSPS) is 12.4. The van der Waals surface area contributed by atoms with E-state index in [1.165, 1.54) is 0 Å². The molecule has 0 aliphatic carbocycles. The summed E-state index contributed by atoms with van der Waals surface area (Å²) in [6.07, 6.45) is 1.92. The maximum Gasteiger partial charge on any atom is 0.154 e. The molecule has 96 valence electrons. The van der Waals surface area contributed by atoms with E-state index >= 15 is 0 Å². The summed E-state index contributed by atoms with van der Waals surface area (Å²) >= 11 is 0. The maximum absolute atomic E-state index is 5.99. The van der Waals surface area contributed by atoms with E-state index in [-0.39, 0.29) is 6.04 Å². The van der Waals surface area contributed by atoms with Gasteiger partial charge < -0.3 is 15.0 Å². The van der Waals surface area contributed by atoms with E-state index in [2.05, 4.69) is 12.1 Å². The van der Waals surface area contributed by atoms with Crippen molar-refractivity contribution < 1.29 is 9.26 Å². The van der Waals surface area contributed by atoms with Crippen molar-refractivity contribution in [3.8, 4) is 17.0 Å². The Morgan fingerprint density at radius 2 is 2.22 bits per heavy atom. The van der Waals surface area contributed by atoms with Gasteiger partial charge in [-0.05, 0) is 18.6 Å². The lowest BCUT2D eigenvalue weighted by Crippen LogP contribution is -2.08. The van der Waals surface area contributed by atoms with E-state index in [0.29, 0.717) is 0 Å². The van der Waals surface area contributed by atoms with Gasteiger partial charge in [-0.15, -0.1) is 0 Å². The van der Waals surface area contributed by atoms with Crippen molar-refractivity contribution >= 4 is 0 Å². The highest BCUT2D eigenvalue weighted by Crippen LogP contribution is 2.26. The third kappa shape index (κ3) is 2.71. The van der Waals surface area contributed by atoms with E-state index < -0.39 is 0 Å². The van der Waals surface area contributed by atoms with Gasteiger partial charge in [-0.2, -0.15) is 0 Å². The molecule has 0 bridgehead atoms. The van der Waals surface area contributed by atoms with E-state index in [1.54, 1.807) is 7.11 Å². The molecule has 0 fully saturated rings. The predicted molar refractivity (Wildman–Crippen MR) is 70.3 cm³/mol. The fourth-order valence-electron chi connectivity index (χ4n) is 1.84. The lowest BCUT2D eigenvalue weighted by Gasteiger charge is -2.03. The number of benzene rings is 1. The van der Waals surface area contributed by atoms with E-state index in [1.807, 2.05) is 30.3 Å². The molecule has 4 heteroatoms. The van der Waals surface area contributed by atoms with Gasteiger partial charge in [-0.25, -0.2) is 0 Å². The topological polar surface area (TPSA) is 61.3 Å². The molecule has 0 radical (unpaired) electrons. The first-order chi connectivity index (χ1) is 8.74. The van der Waals surface area contributed by atoms with Gasteiger partial charge in [-0.1, -0.05) is 30.6 Å². The molecule has 1 aromatic carbocycles. The first-order valence-corrected chi connectivity index (χ1v) is 6.11. The Morgan fingerprint density at radius 1 is 1.39 bits per heavy atom. The van der Waals surface area contributed by atoms with Crippen LogP contribution in [0.4, 0.5) is 0 Å². The van der Waals surface area contributed by atoms with E-state index in [9.17, 15) is 0 Å². The molecule has 18 heavy (non-hydrogen) atoms. The Labute approximate surface area is 107 Å². The van der Waals surface area contributed by atoms with Crippen LogP contribution < -0.4 is 10.5 Å². The number of aromatic nitrogens is 1. The minimum absolute atomic E-state index is 0.0816. The van der Waals surface area contributed by atoms with Crippen LogP contribution in [0.5, 0.6) is 5.75 Å². The van der Waals surface area contributed by atoms with Crippen LogP contribution >= 0.6 is 0 Å². The molecule has 0 amide bonds. The van der Waals surface area contributed by atoms with Gasteiger partial charge in [0.1, 0.15) is 11.4 Å². The fraction of sp³-hybridized carbons (Fsp3) is 0.357. The quantitative estimate of drug-likeness (QED) is 0.880. The van der Waals surface area contributed by atoms with Gasteiger partial charge in [0.25, 0.3) is 0 Å². The number of hydrogen-bond acceptors (Lipinski definition) is 4. The van der Waals surface area contributed by atoms with Crippen molar-refractivity contribution in [3.05, 3.63) is 36.1 Å². The number of hydrogen-bond donors (Lipinski definition) is 1. The Hall–Kier alpha value is -1.81. The Morgan fingerprint density at radius 3 is 2.94 bits per heavy atom. The SMILES string of the molecule is CCCC(N)c1cc(-c2cccc(OC)c2)no1. The molecular weight excluding hydrogens is 228 g/mol. The number of ether oxygens (including phenoxy) is 1. The molecule has 0 aliphatic rings. The van der Waals surface area contributed by atoms with Gasteiger partial charge in [0.05, 0.1) is 13.2 Å². The Bertz CT molecular complexity index is 508. The monoisotopic (exact) mass is 246 g/mol. The second-order valence-corrected chi connectivity index (χ2v) is 4.24. The van der Waals surface area contributed by atoms with Crippen molar-refractivity contribution in [1.29, 1.82) is 0 Å². The summed E-state index contributed by atoms with van der Waals surface area (Å²) in [5.74, 6) is 1.53. The fourth-order valence-corrected chi connectivity index (χ4v) is 1.84. The molecule has 2 rings (SSSR count). The molecule has 1 atom stereocenters. The summed E-state index contributed by atoms with van der Waals surface area (Å²) in [5.41, 5.74) is 7.75. The zero-order valence-corrected chi connectivity index (χ0v) is 10.7. The van der Waals surface area contributed by atoms with Crippen LogP contribution in [0.2, 0.25) is 0 Å². The molecule has 2 aromatic rings. The zero-order valence-electron chi connectivity index (χ0n) is 10.7. The number of nitrogens with zero attached hydrogens (tertiary/aromatic N) is 1. The van der Waals surface area contributed by atoms with Crippen LogP contribution in [-0.4, -0.2) is 12.3 Å². The smallest absolute Gasteiger partial charge is 0.154 e. The second-order valence-electron chi connectivity index (χ2n) is 4.24. The van der Waals surface area contributed by atoms with E-state index in [4.69, 9.17) is 15.0 Å². The molecule has 2 N–H and O–H groups in total. The molecular formula is C14H18N2O2. The average molecular weight is 246 g/mol. The zero-order chi connectivity index (χ0) is 13.0. The second kappa shape index (κ2) is 5.69. The van der Waals surface area contributed by atoms with Crippen molar-refractivity contribution in [2.24, 2.45) is 5.73 Å². The highest BCUT2D eigenvalue weighted by Gasteiger charge is 2.13. The first kappa shape index (κ1) is 12.6. The highest BCUT2D eigenvalue weighted by atomic mass is 16.5. The highest BCUT2D eigenvalue weighted by molar-refractivity contribution is 5.61. The maximum atomic E-state index is 5.99. The Balaban J connectivity index is 2.23. The molecule has 1 aromatic heterocycles. The molecule has 0 spiro atoms. The molecule has 1 unspecified atom stereocenters. The minimum Gasteiger partial charge on any atom is -0.497 e. The summed E-state index contributed by atoms with van der Waals surface area (Å²) < 4.78 is 10.5. The number of rotatable bonds is 5. The van der Waals surface area contributed by atoms with Gasteiger partial charge in [0.15, 0.2) is 5.76 Å². The average Bonchev–Trinajstić information content (AvgIpc) is 2.89. The summed E-state index contributed by atoms with van der Waals surface area (Å²) in [4.78, 5) is 0. The summed E-state index contributed by atoms with van der Waals surface area (Å²) in [7, 11) is 1.64. The first-order valence-electron chi connectivity index (χ1n) is 6.11. The van der Waals surface area contributed by atoms with Crippen LogP contribution in [0, 0.1) is 0 Å². The summed E-state index contributed by atoms with van der Waals surface area (Å²) in [6.45, 7) is 2.10. The molecule has 0 saturated heterocycles. The van der Waals surface area contributed by atoms with Gasteiger partial charge in [0.2, 0.25) is 0 Å². The number of nitrogens with two attached hydrogens (primary N) is 1. The summed E-state index contributed by atoms with van der Waals surface area (Å²) in [6, 6.07) is 9.53. The van der Waals surface area contributed by atoms with Crippen LogP contribution in [0.25, 0.3) is 11.3 Å². The van der Waals surface area contributed by atoms with Gasteiger partial charge in [0, 0.05) is 11.6 Å². The van der Waals surface area contributed by atoms with E-state index in [0.717, 1.165) is 35.6 Å². The molecule has 0 saturated carbocycles. The standard InChI is InChI=1S/C14H18N2O2/c1-3-5-12(15)14-9-13(16-18-14)10-6-4-7-11(8-10)17-2/h4,6-9,12H,3,5,15H2,1-2H3. The van der Waals surface area contributed by atoms with Crippen LogP contribution in [0.1, 0.15) is 31.6 Å². The third-order valence-corrected chi connectivity index (χ3v) is 2.86. The summed E-state index contributed by atoms with van der Waals surface area (Å²) in [5, 5.41) is 4.05. The van der Waals surface area contributed by atoms with Crippen LogP contribution in [0.15, 0.2) is 34.9 Å².